The second-order valence-electron chi connectivity index (χ2n) is 4.53. The number of hydrogen-bond acceptors (Lipinski definition) is 2. The lowest BCUT2D eigenvalue weighted by atomic mass is 9.93. The molecule has 0 unspecified atom stereocenters. The first-order valence-electron chi connectivity index (χ1n) is 6.52. The van der Waals surface area contributed by atoms with Crippen LogP contribution in [0, 0.1) is 5.92 Å². The van der Waals surface area contributed by atoms with E-state index in [0.29, 0.717) is 12.8 Å². The highest BCUT2D eigenvalue weighted by Crippen LogP contribution is 2.19. The van der Waals surface area contributed by atoms with E-state index in [1.54, 1.807) is 7.05 Å². The molecule has 0 aromatic carbocycles. The van der Waals surface area contributed by atoms with Gasteiger partial charge in [0.05, 0.1) is 0 Å². The van der Waals surface area contributed by atoms with E-state index in [-0.39, 0.29) is 18.2 Å². The summed E-state index contributed by atoms with van der Waals surface area (Å²) in [5.74, 6) is -0.627. The van der Waals surface area contributed by atoms with E-state index in [9.17, 15) is 9.59 Å². The molecule has 4 nitrogen and oxygen atoms in total. The highest BCUT2D eigenvalue weighted by molar-refractivity contribution is 5.75. The first kappa shape index (κ1) is 15.9. The number of rotatable bonds is 10. The number of carbonyl (C=O) groups is 2. The van der Waals surface area contributed by atoms with Gasteiger partial charge in [-0.3, -0.25) is 9.59 Å². The summed E-state index contributed by atoms with van der Waals surface area (Å²) in [5.41, 5.74) is 0. The highest BCUT2D eigenvalue weighted by atomic mass is 16.4. The van der Waals surface area contributed by atoms with Crippen molar-refractivity contribution in [2.75, 3.05) is 7.05 Å². The second-order valence-corrected chi connectivity index (χ2v) is 4.53. The monoisotopic (exact) mass is 243 g/mol. The number of carboxylic acid groups (broad SMARTS) is 1. The van der Waals surface area contributed by atoms with Crippen molar-refractivity contribution in [1.82, 2.24) is 5.32 Å². The largest absolute Gasteiger partial charge is 0.481 e. The van der Waals surface area contributed by atoms with Gasteiger partial charge in [-0.25, -0.2) is 0 Å². The van der Waals surface area contributed by atoms with Crippen molar-refractivity contribution in [2.24, 2.45) is 5.92 Å². The summed E-state index contributed by atoms with van der Waals surface area (Å²) < 4.78 is 0. The normalized spacial score (nSPS) is 12.1. The number of amides is 1. The average molecular weight is 243 g/mol. The predicted molar refractivity (Wildman–Crippen MR) is 67.8 cm³/mol. The Labute approximate surface area is 104 Å². The Morgan fingerprint density at radius 2 is 1.88 bits per heavy atom. The van der Waals surface area contributed by atoms with E-state index >= 15 is 0 Å². The molecule has 1 amide bonds. The number of unbranched alkanes of at least 4 members (excludes halogenated alkanes) is 3. The summed E-state index contributed by atoms with van der Waals surface area (Å²) in [4.78, 5) is 21.8. The Morgan fingerprint density at radius 3 is 2.41 bits per heavy atom. The van der Waals surface area contributed by atoms with Crippen molar-refractivity contribution in [3.63, 3.8) is 0 Å². The van der Waals surface area contributed by atoms with E-state index in [1.165, 1.54) is 12.8 Å². The van der Waals surface area contributed by atoms with Crippen LogP contribution >= 0.6 is 0 Å². The van der Waals surface area contributed by atoms with Gasteiger partial charge in [-0.05, 0) is 18.8 Å². The van der Waals surface area contributed by atoms with Crippen molar-refractivity contribution >= 4 is 11.9 Å². The molecule has 0 aliphatic rings. The van der Waals surface area contributed by atoms with Crippen molar-refractivity contribution < 1.29 is 14.7 Å². The van der Waals surface area contributed by atoms with Crippen molar-refractivity contribution in [3.05, 3.63) is 0 Å². The first-order valence-corrected chi connectivity index (χ1v) is 6.52. The molecule has 0 heterocycles. The Kier molecular flexibility index (Phi) is 9.49. The molecule has 17 heavy (non-hydrogen) atoms. The lowest BCUT2D eigenvalue weighted by molar-refractivity contribution is -0.138. The fourth-order valence-electron chi connectivity index (χ4n) is 1.92. The van der Waals surface area contributed by atoms with Crippen LogP contribution in [0.1, 0.15) is 58.3 Å². The van der Waals surface area contributed by atoms with Crippen LogP contribution in [0.4, 0.5) is 0 Å². The van der Waals surface area contributed by atoms with Gasteiger partial charge < -0.3 is 10.4 Å². The van der Waals surface area contributed by atoms with Gasteiger partial charge in [0.25, 0.3) is 0 Å². The third-order valence-corrected chi connectivity index (χ3v) is 2.99. The molecule has 0 fully saturated rings. The van der Waals surface area contributed by atoms with Crippen LogP contribution in [0.3, 0.4) is 0 Å². The minimum atomic E-state index is -0.762. The average Bonchev–Trinajstić information content (AvgIpc) is 2.30. The number of hydrogen-bond donors (Lipinski definition) is 2. The van der Waals surface area contributed by atoms with Crippen LogP contribution in [0.2, 0.25) is 0 Å². The van der Waals surface area contributed by atoms with Gasteiger partial charge in [-0.15, -0.1) is 0 Å². The van der Waals surface area contributed by atoms with Crippen molar-refractivity contribution in [1.29, 1.82) is 0 Å². The Balaban J connectivity index is 3.87. The molecular weight excluding hydrogens is 218 g/mol. The lowest BCUT2D eigenvalue weighted by Gasteiger charge is -2.14. The highest BCUT2D eigenvalue weighted by Gasteiger charge is 2.14. The smallest absolute Gasteiger partial charge is 0.303 e. The van der Waals surface area contributed by atoms with E-state index in [0.717, 1.165) is 19.3 Å². The van der Waals surface area contributed by atoms with E-state index < -0.39 is 5.97 Å². The Hall–Kier alpha value is -1.06. The lowest BCUT2D eigenvalue weighted by Crippen LogP contribution is -2.19. The molecule has 0 aliphatic heterocycles. The second kappa shape index (κ2) is 10.1. The molecule has 0 rings (SSSR count). The SMILES string of the molecule is CCCCCC[C@@H](CCC(=O)NC)CC(=O)O. The molecule has 0 radical (unpaired) electrons. The Bertz CT molecular complexity index is 229. The van der Waals surface area contributed by atoms with Gasteiger partial charge in [0.15, 0.2) is 0 Å². The summed E-state index contributed by atoms with van der Waals surface area (Å²) in [7, 11) is 1.61. The molecule has 4 heteroatoms. The molecule has 0 aromatic heterocycles. The first-order chi connectivity index (χ1) is 8.10. The standard InChI is InChI=1S/C13H25NO3/c1-3-4-5-6-7-11(10-13(16)17)8-9-12(15)14-2/h11H,3-10H2,1-2H3,(H,14,15)(H,16,17)/t11-/m0/s1. The summed E-state index contributed by atoms with van der Waals surface area (Å²) >= 11 is 0. The van der Waals surface area contributed by atoms with Gasteiger partial charge in [-0.1, -0.05) is 32.6 Å². The fourth-order valence-corrected chi connectivity index (χ4v) is 1.92. The van der Waals surface area contributed by atoms with Gasteiger partial charge in [0.1, 0.15) is 0 Å². The topological polar surface area (TPSA) is 66.4 Å². The molecular formula is C13H25NO3. The van der Waals surface area contributed by atoms with Crippen LogP contribution in [-0.4, -0.2) is 24.0 Å². The maximum absolute atomic E-state index is 11.1. The summed E-state index contributed by atoms with van der Waals surface area (Å²) in [5, 5.41) is 11.4. The molecule has 0 aliphatic carbocycles. The zero-order valence-corrected chi connectivity index (χ0v) is 11.0. The van der Waals surface area contributed by atoms with Crippen LogP contribution in [0.25, 0.3) is 0 Å². The maximum Gasteiger partial charge on any atom is 0.303 e. The minimum absolute atomic E-state index is 0.00560. The molecule has 100 valence electrons. The van der Waals surface area contributed by atoms with Crippen LogP contribution < -0.4 is 5.32 Å². The minimum Gasteiger partial charge on any atom is -0.481 e. The molecule has 2 N–H and O–H groups in total. The van der Waals surface area contributed by atoms with Gasteiger partial charge in [-0.2, -0.15) is 0 Å². The molecule has 0 saturated carbocycles. The zero-order valence-electron chi connectivity index (χ0n) is 11.0. The third-order valence-electron chi connectivity index (χ3n) is 2.99. The number of nitrogens with one attached hydrogen (secondary N) is 1. The van der Waals surface area contributed by atoms with Crippen molar-refractivity contribution in [3.8, 4) is 0 Å². The number of carboxylic acids is 1. The predicted octanol–water partition coefficient (Wildman–Crippen LogP) is 2.57. The quantitative estimate of drug-likeness (QED) is 0.579. The summed E-state index contributed by atoms with van der Waals surface area (Å²) in [6, 6.07) is 0. The van der Waals surface area contributed by atoms with Crippen molar-refractivity contribution in [2.45, 2.75) is 58.3 Å². The molecule has 0 bridgehead atoms. The molecule has 1 atom stereocenters. The van der Waals surface area contributed by atoms with Gasteiger partial charge >= 0.3 is 5.97 Å². The number of aliphatic carboxylic acids is 1. The number of carbonyl (C=O) groups excluding carboxylic acids is 1. The molecule has 0 spiro atoms. The summed E-state index contributed by atoms with van der Waals surface area (Å²) in [6.07, 6.45) is 6.83. The Morgan fingerprint density at radius 1 is 1.18 bits per heavy atom. The zero-order chi connectivity index (χ0) is 13.1. The fraction of sp³-hybridized carbons (Fsp3) is 0.846. The third kappa shape index (κ3) is 9.85. The van der Waals surface area contributed by atoms with Crippen LogP contribution in [0.15, 0.2) is 0 Å². The van der Waals surface area contributed by atoms with E-state index in [4.69, 9.17) is 5.11 Å². The van der Waals surface area contributed by atoms with Crippen LogP contribution in [0.5, 0.6) is 0 Å². The van der Waals surface area contributed by atoms with Crippen LogP contribution in [-0.2, 0) is 9.59 Å². The molecule has 0 saturated heterocycles. The van der Waals surface area contributed by atoms with E-state index in [2.05, 4.69) is 12.2 Å². The van der Waals surface area contributed by atoms with Gasteiger partial charge in [0, 0.05) is 19.9 Å². The molecule has 0 aromatic rings. The maximum atomic E-state index is 11.1. The van der Waals surface area contributed by atoms with E-state index in [1.807, 2.05) is 0 Å². The summed E-state index contributed by atoms with van der Waals surface area (Å²) in [6.45, 7) is 2.15. The van der Waals surface area contributed by atoms with Gasteiger partial charge in [0.2, 0.25) is 5.91 Å².